The molecular formula is C12H18N4O3. The number of carbonyl (C=O) groups excluding carboxylic acids is 2. The Morgan fingerprint density at radius 3 is 2.74 bits per heavy atom. The lowest BCUT2D eigenvalue weighted by Gasteiger charge is -2.27. The van der Waals surface area contributed by atoms with Gasteiger partial charge < -0.3 is 10.1 Å². The summed E-state index contributed by atoms with van der Waals surface area (Å²) in [6.45, 7) is 2.23. The van der Waals surface area contributed by atoms with E-state index in [1.54, 1.807) is 0 Å². The van der Waals surface area contributed by atoms with Gasteiger partial charge in [0, 0.05) is 6.04 Å². The molecular weight excluding hydrogens is 248 g/mol. The van der Waals surface area contributed by atoms with Crippen molar-refractivity contribution in [2.45, 2.75) is 38.6 Å². The summed E-state index contributed by atoms with van der Waals surface area (Å²) in [5.41, 5.74) is 0.285. The first-order valence-corrected chi connectivity index (χ1v) is 6.54. The number of H-pyrrole nitrogens is 1. The average Bonchev–Trinajstić information content (AvgIpc) is 2.94. The van der Waals surface area contributed by atoms with E-state index in [2.05, 4.69) is 20.7 Å². The Morgan fingerprint density at radius 2 is 2.16 bits per heavy atom. The number of amides is 1. The van der Waals surface area contributed by atoms with Gasteiger partial charge in [-0.1, -0.05) is 0 Å². The summed E-state index contributed by atoms with van der Waals surface area (Å²) in [5.74, 6) is -0.378. The van der Waals surface area contributed by atoms with Gasteiger partial charge in [-0.15, -0.1) is 0 Å². The molecule has 1 aromatic rings. The summed E-state index contributed by atoms with van der Waals surface area (Å²) >= 11 is 0. The molecule has 0 radical (unpaired) electrons. The van der Waals surface area contributed by atoms with Gasteiger partial charge in [-0.05, 0) is 32.6 Å². The fourth-order valence-electron chi connectivity index (χ4n) is 2.30. The molecule has 1 aliphatic carbocycles. The fraction of sp³-hybridized carbons (Fsp3) is 0.667. The third-order valence-corrected chi connectivity index (χ3v) is 3.33. The zero-order chi connectivity index (χ0) is 13.7. The number of aromatic amines is 1. The molecule has 7 nitrogen and oxygen atoms in total. The van der Waals surface area contributed by atoms with Crippen molar-refractivity contribution in [3.63, 3.8) is 0 Å². The second kappa shape index (κ2) is 6.31. The lowest BCUT2D eigenvalue weighted by atomic mass is 9.86. The van der Waals surface area contributed by atoms with Gasteiger partial charge in [0.1, 0.15) is 0 Å². The molecule has 1 saturated carbocycles. The minimum atomic E-state index is -0.228. The molecule has 1 heterocycles. The average molecular weight is 266 g/mol. The van der Waals surface area contributed by atoms with Crippen LogP contribution in [0.25, 0.3) is 0 Å². The molecule has 104 valence electrons. The number of esters is 1. The maximum Gasteiger partial charge on any atom is 0.308 e. The van der Waals surface area contributed by atoms with Crippen LogP contribution >= 0.6 is 0 Å². The Labute approximate surface area is 111 Å². The first-order chi connectivity index (χ1) is 9.20. The van der Waals surface area contributed by atoms with Crippen LogP contribution in [-0.4, -0.2) is 39.9 Å². The van der Waals surface area contributed by atoms with Crippen LogP contribution in [0.5, 0.6) is 0 Å². The zero-order valence-electron chi connectivity index (χ0n) is 10.9. The highest BCUT2D eigenvalue weighted by Crippen LogP contribution is 2.25. The van der Waals surface area contributed by atoms with Crippen LogP contribution < -0.4 is 5.32 Å². The molecule has 2 rings (SSSR count). The second-order valence-corrected chi connectivity index (χ2v) is 4.63. The fourth-order valence-corrected chi connectivity index (χ4v) is 2.30. The zero-order valence-corrected chi connectivity index (χ0v) is 10.9. The summed E-state index contributed by atoms with van der Waals surface area (Å²) in [4.78, 5) is 23.3. The number of nitrogens with one attached hydrogen (secondary N) is 2. The van der Waals surface area contributed by atoms with Crippen molar-refractivity contribution in [2.24, 2.45) is 5.92 Å². The highest BCUT2D eigenvalue weighted by atomic mass is 16.5. The molecule has 1 aromatic heterocycles. The van der Waals surface area contributed by atoms with Gasteiger partial charge >= 0.3 is 5.97 Å². The normalized spacial score (nSPS) is 22.8. The molecule has 19 heavy (non-hydrogen) atoms. The molecule has 2 N–H and O–H groups in total. The highest BCUT2D eigenvalue weighted by Gasteiger charge is 2.28. The monoisotopic (exact) mass is 266 g/mol. The summed E-state index contributed by atoms with van der Waals surface area (Å²) in [6, 6.07) is 0.0925. The minimum Gasteiger partial charge on any atom is -0.466 e. The van der Waals surface area contributed by atoms with E-state index >= 15 is 0 Å². The number of ether oxygens (including phenoxy) is 1. The number of aromatic nitrogens is 3. The van der Waals surface area contributed by atoms with E-state index in [1.807, 2.05) is 6.92 Å². The first kappa shape index (κ1) is 13.5. The van der Waals surface area contributed by atoms with Crippen molar-refractivity contribution in [1.29, 1.82) is 0 Å². The summed E-state index contributed by atoms with van der Waals surface area (Å²) in [7, 11) is 0. The van der Waals surface area contributed by atoms with Crippen LogP contribution in [0, 0.1) is 5.92 Å². The quantitative estimate of drug-likeness (QED) is 0.780. The maximum absolute atomic E-state index is 11.8. The smallest absolute Gasteiger partial charge is 0.308 e. The van der Waals surface area contributed by atoms with Gasteiger partial charge in [-0.25, -0.2) is 0 Å². The number of hydrogen-bond acceptors (Lipinski definition) is 5. The van der Waals surface area contributed by atoms with Crippen LogP contribution in [-0.2, 0) is 9.53 Å². The van der Waals surface area contributed by atoms with Gasteiger partial charge in [0.2, 0.25) is 0 Å². The van der Waals surface area contributed by atoms with E-state index in [1.165, 1.54) is 6.20 Å². The van der Waals surface area contributed by atoms with E-state index in [4.69, 9.17) is 4.74 Å². The van der Waals surface area contributed by atoms with E-state index < -0.39 is 0 Å². The third kappa shape index (κ3) is 3.52. The lowest BCUT2D eigenvalue weighted by molar-refractivity contribution is -0.149. The van der Waals surface area contributed by atoms with Gasteiger partial charge in [0.15, 0.2) is 5.69 Å². The topological polar surface area (TPSA) is 97.0 Å². The van der Waals surface area contributed by atoms with E-state index in [9.17, 15) is 9.59 Å². The van der Waals surface area contributed by atoms with Crippen LogP contribution in [0.4, 0.5) is 0 Å². The molecule has 1 fully saturated rings. The maximum atomic E-state index is 11.8. The van der Waals surface area contributed by atoms with Crippen molar-refractivity contribution in [3.05, 3.63) is 11.9 Å². The van der Waals surface area contributed by atoms with E-state index in [0.29, 0.717) is 6.61 Å². The molecule has 0 bridgehead atoms. The third-order valence-electron chi connectivity index (χ3n) is 3.33. The molecule has 7 heteroatoms. The van der Waals surface area contributed by atoms with Crippen molar-refractivity contribution in [1.82, 2.24) is 20.7 Å². The summed E-state index contributed by atoms with van der Waals surface area (Å²) in [6.07, 6.45) is 4.46. The standard InChI is InChI=1S/C12H18N4O3/c1-2-19-12(18)8-3-5-9(6-4-8)14-11(17)10-7-13-16-15-10/h7-9H,2-6H2,1H3,(H,14,17)(H,13,15,16). The molecule has 1 aliphatic rings. The van der Waals surface area contributed by atoms with Crippen molar-refractivity contribution in [3.8, 4) is 0 Å². The predicted molar refractivity (Wildman–Crippen MR) is 66.2 cm³/mol. The van der Waals surface area contributed by atoms with Crippen LogP contribution in [0.3, 0.4) is 0 Å². The molecule has 0 spiro atoms. The Balaban J connectivity index is 1.77. The molecule has 0 aliphatic heterocycles. The largest absolute Gasteiger partial charge is 0.466 e. The molecule has 0 saturated heterocycles. The Kier molecular flexibility index (Phi) is 4.48. The number of rotatable bonds is 4. The molecule has 0 unspecified atom stereocenters. The Hall–Kier alpha value is -1.92. The molecule has 0 aromatic carbocycles. The SMILES string of the molecule is CCOC(=O)C1CCC(NC(=O)c2cn[nH]n2)CC1. The van der Waals surface area contributed by atoms with Crippen molar-refractivity contribution in [2.75, 3.05) is 6.61 Å². The van der Waals surface area contributed by atoms with E-state index in [-0.39, 0.29) is 29.5 Å². The van der Waals surface area contributed by atoms with Gasteiger partial charge in [0.05, 0.1) is 18.7 Å². The van der Waals surface area contributed by atoms with Gasteiger partial charge in [-0.3, -0.25) is 9.59 Å². The number of hydrogen-bond donors (Lipinski definition) is 2. The Morgan fingerprint density at radius 1 is 1.42 bits per heavy atom. The van der Waals surface area contributed by atoms with Gasteiger partial charge in [0.25, 0.3) is 5.91 Å². The van der Waals surface area contributed by atoms with Crippen LogP contribution in [0.15, 0.2) is 6.20 Å². The predicted octanol–water partition coefficient (Wildman–Crippen LogP) is 0.656. The summed E-state index contributed by atoms with van der Waals surface area (Å²) < 4.78 is 5.01. The van der Waals surface area contributed by atoms with Crippen LogP contribution in [0.2, 0.25) is 0 Å². The number of carbonyl (C=O) groups is 2. The number of nitrogens with zero attached hydrogens (tertiary/aromatic N) is 2. The Bertz CT molecular complexity index is 424. The molecule has 0 atom stereocenters. The van der Waals surface area contributed by atoms with Crippen molar-refractivity contribution < 1.29 is 14.3 Å². The van der Waals surface area contributed by atoms with Crippen LogP contribution in [0.1, 0.15) is 43.1 Å². The lowest BCUT2D eigenvalue weighted by Crippen LogP contribution is -2.39. The highest BCUT2D eigenvalue weighted by molar-refractivity contribution is 5.92. The summed E-state index contributed by atoms with van der Waals surface area (Å²) in [5, 5.41) is 12.6. The minimum absolute atomic E-state index is 0.0276. The van der Waals surface area contributed by atoms with Gasteiger partial charge in [-0.2, -0.15) is 15.4 Å². The van der Waals surface area contributed by atoms with E-state index in [0.717, 1.165) is 25.7 Å². The first-order valence-electron chi connectivity index (χ1n) is 6.54. The molecule has 1 amide bonds. The second-order valence-electron chi connectivity index (χ2n) is 4.63. The van der Waals surface area contributed by atoms with Crippen molar-refractivity contribution >= 4 is 11.9 Å².